The zero-order valence-electron chi connectivity index (χ0n) is 12.2. The van der Waals surface area contributed by atoms with Crippen LogP contribution in [-0.2, 0) is 24.1 Å². The molecule has 3 aliphatic carbocycles. The van der Waals surface area contributed by atoms with E-state index in [9.17, 15) is 4.79 Å². The van der Waals surface area contributed by atoms with E-state index in [0.29, 0.717) is 24.0 Å². The lowest BCUT2D eigenvalue weighted by molar-refractivity contribution is -0.130. The Labute approximate surface area is 121 Å². The van der Waals surface area contributed by atoms with Crippen molar-refractivity contribution in [3.05, 3.63) is 47.0 Å². The average Bonchev–Trinajstić information content (AvgIpc) is 3.02. The van der Waals surface area contributed by atoms with Gasteiger partial charge in [-0.25, -0.2) is 0 Å². The Morgan fingerprint density at radius 3 is 2.90 bits per heavy atom. The largest absolute Gasteiger partial charge is 0.299 e. The lowest BCUT2D eigenvalue weighted by Gasteiger charge is -2.39. The van der Waals surface area contributed by atoms with E-state index in [1.807, 2.05) is 0 Å². The summed E-state index contributed by atoms with van der Waals surface area (Å²) in [6, 6.07) is 6.58. The third kappa shape index (κ3) is 1.58. The van der Waals surface area contributed by atoms with Crippen molar-refractivity contribution in [2.45, 2.75) is 45.4 Å². The molecule has 4 rings (SSSR count). The van der Waals surface area contributed by atoms with Crippen LogP contribution < -0.4 is 0 Å². The molecule has 1 nitrogen and oxygen atoms in total. The van der Waals surface area contributed by atoms with Gasteiger partial charge in [-0.05, 0) is 54.2 Å². The van der Waals surface area contributed by atoms with Crippen molar-refractivity contribution in [1.82, 2.24) is 0 Å². The van der Waals surface area contributed by atoms with E-state index in [0.717, 1.165) is 19.3 Å². The van der Waals surface area contributed by atoms with Crippen molar-refractivity contribution < 1.29 is 4.79 Å². The smallest absolute Gasteiger partial charge is 0.144 e. The fourth-order valence-corrected chi connectivity index (χ4v) is 4.83. The van der Waals surface area contributed by atoms with E-state index < -0.39 is 0 Å². The van der Waals surface area contributed by atoms with Gasteiger partial charge in [-0.1, -0.05) is 43.7 Å². The van der Waals surface area contributed by atoms with E-state index in [1.165, 1.54) is 29.5 Å². The Kier molecular flexibility index (Phi) is 2.67. The first-order chi connectivity index (χ1) is 9.73. The predicted molar refractivity (Wildman–Crippen MR) is 80.6 cm³/mol. The number of hydrogen-bond donors (Lipinski definition) is 0. The van der Waals surface area contributed by atoms with Crippen molar-refractivity contribution in [3.63, 3.8) is 0 Å². The summed E-state index contributed by atoms with van der Waals surface area (Å²) < 4.78 is 0. The normalized spacial score (nSPS) is 34.0. The fourth-order valence-electron chi connectivity index (χ4n) is 4.83. The minimum Gasteiger partial charge on any atom is -0.299 e. The van der Waals surface area contributed by atoms with Gasteiger partial charge in [0.05, 0.1) is 0 Å². The molecule has 104 valence electrons. The summed E-state index contributed by atoms with van der Waals surface area (Å²) in [7, 11) is 0. The second kappa shape index (κ2) is 4.31. The number of fused-ring (bicyclic) bond motifs is 4. The molecule has 0 amide bonds. The lowest BCUT2D eigenvalue weighted by Crippen LogP contribution is -2.42. The molecule has 1 heteroatoms. The van der Waals surface area contributed by atoms with Crippen LogP contribution in [0.5, 0.6) is 0 Å². The van der Waals surface area contributed by atoms with Crippen LogP contribution in [0.15, 0.2) is 30.4 Å². The molecule has 3 atom stereocenters. The summed E-state index contributed by atoms with van der Waals surface area (Å²) in [6.07, 6.45) is 11.0. The highest BCUT2D eigenvalue weighted by Gasteiger charge is 2.54. The van der Waals surface area contributed by atoms with E-state index in [1.54, 1.807) is 0 Å². The van der Waals surface area contributed by atoms with E-state index in [-0.39, 0.29) is 5.41 Å². The van der Waals surface area contributed by atoms with Crippen molar-refractivity contribution in [1.29, 1.82) is 0 Å². The Morgan fingerprint density at radius 1 is 1.30 bits per heavy atom. The van der Waals surface area contributed by atoms with Gasteiger partial charge in [-0.3, -0.25) is 4.79 Å². The van der Waals surface area contributed by atoms with Crippen LogP contribution in [0, 0.1) is 17.3 Å². The highest BCUT2D eigenvalue weighted by atomic mass is 16.1. The van der Waals surface area contributed by atoms with E-state index in [2.05, 4.69) is 37.3 Å². The highest BCUT2D eigenvalue weighted by Crippen LogP contribution is 2.56. The van der Waals surface area contributed by atoms with Gasteiger partial charge in [0, 0.05) is 11.8 Å². The minimum absolute atomic E-state index is 0.0454. The standard InChI is InChI=1S/C19H22O/c1-2-4-14-5-3-6-15-10-18(20)19(12-17(14)15)11-13-7-8-16(19)9-13/h3,5-8,13,16H,2,4,9-12H2,1H3. The molecule has 1 spiro atoms. The first-order valence-corrected chi connectivity index (χ1v) is 8.04. The molecule has 0 heterocycles. The van der Waals surface area contributed by atoms with Gasteiger partial charge in [0.15, 0.2) is 0 Å². The first-order valence-electron chi connectivity index (χ1n) is 8.04. The van der Waals surface area contributed by atoms with Crippen LogP contribution in [-0.4, -0.2) is 5.78 Å². The number of rotatable bonds is 2. The van der Waals surface area contributed by atoms with Gasteiger partial charge in [-0.15, -0.1) is 0 Å². The summed E-state index contributed by atoms with van der Waals surface area (Å²) in [4.78, 5) is 12.8. The zero-order valence-corrected chi connectivity index (χ0v) is 12.2. The van der Waals surface area contributed by atoms with Gasteiger partial charge in [0.2, 0.25) is 0 Å². The van der Waals surface area contributed by atoms with Crippen molar-refractivity contribution >= 4 is 5.78 Å². The van der Waals surface area contributed by atoms with Gasteiger partial charge < -0.3 is 0 Å². The van der Waals surface area contributed by atoms with E-state index >= 15 is 0 Å². The number of Topliss-reactive ketones (excluding diaryl/α,β-unsaturated/α-hetero) is 1. The van der Waals surface area contributed by atoms with Gasteiger partial charge in [0.1, 0.15) is 5.78 Å². The number of benzene rings is 1. The Bertz CT molecular complexity index is 598. The molecule has 3 unspecified atom stereocenters. The van der Waals surface area contributed by atoms with Crippen molar-refractivity contribution in [3.8, 4) is 0 Å². The topological polar surface area (TPSA) is 17.1 Å². The molecule has 1 aromatic rings. The fraction of sp³-hybridized carbons (Fsp3) is 0.526. The average molecular weight is 266 g/mol. The molecule has 0 radical (unpaired) electrons. The van der Waals surface area contributed by atoms with Gasteiger partial charge in [0.25, 0.3) is 0 Å². The molecule has 3 aliphatic rings. The van der Waals surface area contributed by atoms with Crippen LogP contribution in [0.4, 0.5) is 0 Å². The Morgan fingerprint density at radius 2 is 2.20 bits per heavy atom. The van der Waals surface area contributed by atoms with Crippen LogP contribution in [0.25, 0.3) is 0 Å². The number of hydrogen-bond acceptors (Lipinski definition) is 1. The Balaban J connectivity index is 1.78. The Hall–Kier alpha value is -1.37. The monoisotopic (exact) mass is 266 g/mol. The van der Waals surface area contributed by atoms with Crippen LogP contribution in [0.2, 0.25) is 0 Å². The molecular weight excluding hydrogens is 244 g/mol. The summed E-state index contributed by atoms with van der Waals surface area (Å²) in [5.74, 6) is 1.70. The third-order valence-corrected chi connectivity index (χ3v) is 5.80. The number of carbonyl (C=O) groups is 1. The number of carbonyl (C=O) groups excluding carboxylic acids is 1. The summed E-state index contributed by atoms with van der Waals surface area (Å²) in [5, 5.41) is 0. The number of allylic oxidation sites excluding steroid dienone is 2. The van der Waals surface area contributed by atoms with Crippen LogP contribution >= 0.6 is 0 Å². The lowest BCUT2D eigenvalue weighted by atomic mass is 9.63. The molecule has 0 aromatic heterocycles. The second-order valence-electron chi connectivity index (χ2n) is 6.93. The van der Waals surface area contributed by atoms with E-state index in [4.69, 9.17) is 0 Å². The number of aryl methyl sites for hydroxylation is 1. The molecule has 0 N–H and O–H groups in total. The summed E-state index contributed by atoms with van der Waals surface area (Å²) in [6.45, 7) is 2.24. The summed E-state index contributed by atoms with van der Waals surface area (Å²) >= 11 is 0. The molecule has 1 fully saturated rings. The molecule has 0 saturated heterocycles. The molecule has 20 heavy (non-hydrogen) atoms. The predicted octanol–water partition coefficient (Wildman–Crippen LogP) is 3.89. The number of ketones is 1. The maximum absolute atomic E-state index is 12.8. The quantitative estimate of drug-likeness (QED) is 0.742. The highest BCUT2D eigenvalue weighted by molar-refractivity contribution is 5.90. The molecule has 2 bridgehead atoms. The SMILES string of the molecule is CCCc1cccc2c1CC1(CC3C=CC1C3)C(=O)C2. The minimum atomic E-state index is -0.0454. The van der Waals surface area contributed by atoms with Gasteiger partial charge in [-0.2, -0.15) is 0 Å². The zero-order chi connectivity index (χ0) is 13.7. The first kappa shape index (κ1) is 12.4. The molecule has 0 aliphatic heterocycles. The van der Waals surface area contributed by atoms with Crippen molar-refractivity contribution in [2.24, 2.45) is 17.3 Å². The second-order valence-corrected chi connectivity index (χ2v) is 6.93. The maximum atomic E-state index is 12.8. The maximum Gasteiger partial charge on any atom is 0.144 e. The van der Waals surface area contributed by atoms with Gasteiger partial charge >= 0.3 is 0 Å². The molecule has 1 aromatic carbocycles. The molecular formula is C19H22O. The molecule has 1 saturated carbocycles. The third-order valence-electron chi connectivity index (χ3n) is 5.80. The van der Waals surface area contributed by atoms with Crippen molar-refractivity contribution in [2.75, 3.05) is 0 Å². The van der Waals surface area contributed by atoms with Crippen LogP contribution in [0.1, 0.15) is 42.9 Å². The summed E-state index contributed by atoms with van der Waals surface area (Å²) in [5.41, 5.74) is 4.26. The van der Waals surface area contributed by atoms with Crippen LogP contribution in [0.3, 0.4) is 0 Å².